The summed E-state index contributed by atoms with van der Waals surface area (Å²) < 4.78 is 0. The average molecular weight is 302 g/mol. The molecule has 1 aromatic carbocycles. The normalized spacial score (nSPS) is 11.0. The molecule has 0 aliphatic heterocycles. The van der Waals surface area contributed by atoms with Crippen molar-refractivity contribution in [2.45, 2.75) is 0 Å². The minimum absolute atomic E-state index is 0.318. The number of pyridine rings is 2. The Morgan fingerprint density at radius 3 is 2.22 bits per heavy atom. The molecule has 1 amide bonds. The first-order valence-corrected chi connectivity index (χ1v) is 7.09. The predicted molar refractivity (Wildman–Crippen MR) is 88.0 cm³/mol. The highest BCUT2D eigenvalue weighted by Crippen LogP contribution is 2.09. The van der Waals surface area contributed by atoms with Crippen LogP contribution in [-0.4, -0.2) is 21.6 Å². The van der Waals surface area contributed by atoms with Gasteiger partial charge in [-0.1, -0.05) is 36.4 Å². The number of amides is 1. The van der Waals surface area contributed by atoms with Crippen LogP contribution in [0.25, 0.3) is 0 Å². The zero-order valence-electron chi connectivity index (χ0n) is 12.3. The highest BCUT2D eigenvalue weighted by Gasteiger charge is 2.09. The molecule has 23 heavy (non-hydrogen) atoms. The summed E-state index contributed by atoms with van der Waals surface area (Å²) in [6.45, 7) is 0. The van der Waals surface area contributed by atoms with Gasteiger partial charge in [0.2, 0.25) is 0 Å². The maximum atomic E-state index is 12.1. The van der Waals surface area contributed by atoms with Crippen molar-refractivity contribution in [1.29, 1.82) is 0 Å². The summed E-state index contributed by atoms with van der Waals surface area (Å²) in [5.41, 5.74) is 5.32. The Hall–Kier alpha value is -3.34. The van der Waals surface area contributed by atoms with Gasteiger partial charge in [-0.05, 0) is 24.3 Å². The molecule has 3 rings (SSSR count). The third-order valence-corrected chi connectivity index (χ3v) is 3.17. The highest BCUT2D eigenvalue weighted by molar-refractivity contribution is 6.13. The molecule has 0 unspecified atom stereocenters. The van der Waals surface area contributed by atoms with Crippen LogP contribution in [0.15, 0.2) is 84.4 Å². The van der Waals surface area contributed by atoms with E-state index in [0.717, 1.165) is 11.1 Å². The third kappa shape index (κ3) is 3.65. The molecule has 5 heteroatoms. The molecule has 0 atom stereocenters. The molecule has 2 heterocycles. The number of carbonyl (C=O) groups is 1. The first-order valence-electron chi connectivity index (χ1n) is 7.09. The Morgan fingerprint density at radius 1 is 0.826 bits per heavy atom. The number of hydrazone groups is 1. The molecule has 112 valence electrons. The van der Waals surface area contributed by atoms with E-state index in [-0.39, 0.29) is 5.91 Å². The monoisotopic (exact) mass is 302 g/mol. The van der Waals surface area contributed by atoms with Crippen LogP contribution in [-0.2, 0) is 0 Å². The number of carbonyl (C=O) groups excluding carboxylic acids is 1. The van der Waals surface area contributed by atoms with Gasteiger partial charge >= 0.3 is 0 Å². The Kier molecular flexibility index (Phi) is 4.49. The number of nitrogens with zero attached hydrogens (tertiary/aromatic N) is 3. The van der Waals surface area contributed by atoms with Gasteiger partial charge in [-0.15, -0.1) is 0 Å². The Labute approximate surface area is 133 Å². The molecule has 5 nitrogen and oxygen atoms in total. The number of aromatic nitrogens is 2. The van der Waals surface area contributed by atoms with Crippen molar-refractivity contribution >= 4 is 11.6 Å². The molecule has 1 N–H and O–H groups in total. The maximum absolute atomic E-state index is 12.1. The third-order valence-electron chi connectivity index (χ3n) is 3.17. The predicted octanol–water partition coefficient (Wildman–Crippen LogP) is 2.66. The van der Waals surface area contributed by atoms with Crippen LogP contribution >= 0.6 is 0 Å². The van der Waals surface area contributed by atoms with E-state index in [1.165, 1.54) is 0 Å². The standard InChI is InChI=1S/C18H14N4O/c23-18(16-8-4-5-11-20-16)22-21-17(14-6-2-1-3-7-14)15-9-12-19-13-10-15/h1-13H,(H,22,23). The summed E-state index contributed by atoms with van der Waals surface area (Å²) in [6, 6.07) is 18.5. The lowest BCUT2D eigenvalue weighted by molar-refractivity contribution is 0.0950. The summed E-state index contributed by atoms with van der Waals surface area (Å²) in [6.07, 6.45) is 4.95. The van der Waals surface area contributed by atoms with Crippen molar-refractivity contribution in [2.24, 2.45) is 5.10 Å². The van der Waals surface area contributed by atoms with Gasteiger partial charge in [0.1, 0.15) is 5.69 Å². The molecule has 0 spiro atoms. The van der Waals surface area contributed by atoms with Crippen molar-refractivity contribution in [2.75, 3.05) is 0 Å². The molecule has 0 saturated heterocycles. The van der Waals surface area contributed by atoms with Gasteiger partial charge in [0, 0.05) is 29.7 Å². The van der Waals surface area contributed by atoms with Gasteiger partial charge in [0.05, 0.1) is 5.71 Å². The van der Waals surface area contributed by atoms with E-state index in [2.05, 4.69) is 20.5 Å². The Balaban J connectivity index is 1.91. The second-order valence-electron chi connectivity index (χ2n) is 4.72. The molecule has 0 fully saturated rings. The van der Waals surface area contributed by atoms with Crippen molar-refractivity contribution in [3.05, 3.63) is 96.1 Å². The summed E-state index contributed by atoms with van der Waals surface area (Å²) in [5, 5.41) is 4.29. The highest BCUT2D eigenvalue weighted by atomic mass is 16.2. The Morgan fingerprint density at radius 2 is 1.52 bits per heavy atom. The van der Waals surface area contributed by atoms with E-state index in [9.17, 15) is 4.79 Å². The lowest BCUT2D eigenvalue weighted by Crippen LogP contribution is -2.21. The second-order valence-corrected chi connectivity index (χ2v) is 4.72. The largest absolute Gasteiger partial charge is 0.289 e. The van der Waals surface area contributed by atoms with Gasteiger partial charge in [0.15, 0.2) is 0 Å². The number of hydrogen-bond donors (Lipinski definition) is 1. The van der Waals surface area contributed by atoms with Gasteiger partial charge in [0.25, 0.3) is 5.91 Å². The molecule has 0 aliphatic rings. The molecule has 0 aliphatic carbocycles. The van der Waals surface area contributed by atoms with Crippen molar-refractivity contribution < 1.29 is 4.79 Å². The topological polar surface area (TPSA) is 67.2 Å². The van der Waals surface area contributed by atoms with Crippen molar-refractivity contribution in [3.63, 3.8) is 0 Å². The maximum Gasteiger partial charge on any atom is 0.289 e. The minimum atomic E-state index is -0.354. The van der Waals surface area contributed by atoms with Crippen LogP contribution in [0.5, 0.6) is 0 Å². The number of rotatable bonds is 4. The van der Waals surface area contributed by atoms with Gasteiger partial charge < -0.3 is 0 Å². The molecule has 0 radical (unpaired) electrons. The first-order chi connectivity index (χ1) is 11.3. The molecule has 2 aromatic heterocycles. The second kappa shape index (κ2) is 7.09. The van der Waals surface area contributed by atoms with Crippen LogP contribution < -0.4 is 5.43 Å². The molecule has 3 aromatic rings. The van der Waals surface area contributed by atoms with Gasteiger partial charge in [-0.3, -0.25) is 14.8 Å². The van der Waals surface area contributed by atoms with Gasteiger partial charge in [-0.2, -0.15) is 5.10 Å². The molecular formula is C18H14N4O. The molecule has 0 bridgehead atoms. The van der Waals surface area contributed by atoms with E-state index in [4.69, 9.17) is 0 Å². The summed E-state index contributed by atoms with van der Waals surface area (Å²) in [7, 11) is 0. The van der Waals surface area contributed by atoms with Gasteiger partial charge in [-0.25, -0.2) is 5.43 Å². The average Bonchev–Trinajstić information content (AvgIpc) is 2.64. The fourth-order valence-corrected chi connectivity index (χ4v) is 2.06. The van der Waals surface area contributed by atoms with Crippen molar-refractivity contribution in [3.8, 4) is 0 Å². The van der Waals surface area contributed by atoms with E-state index < -0.39 is 0 Å². The summed E-state index contributed by atoms with van der Waals surface area (Å²) >= 11 is 0. The molecule has 0 saturated carbocycles. The number of hydrogen-bond acceptors (Lipinski definition) is 4. The summed E-state index contributed by atoms with van der Waals surface area (Å²) in [4.78, 5) is 20.1. The minimum Gasteiger partial charge on any atom is -0.266 e. The Bertz CT molecular complexity index is 761. The quantitative estimate of drug-likeness (QED) is 0.595. The first kappa shape index (κ1) is 14.6. The van der Waals surface area contributed by atoms with E-state index in [1.807, 2.05) is 42.5 Å². The lowest BCUT2D eigenvalue weighted by atomic mass is 10.0. The van der Waals surface area contributed by atoms with E-state index in [0.29, 0.717) is 11.4 Å². The van der Waals surface area contributed by atoms with Crippen LogP contribution in [0.4, 0.5) is 0 Å². The summed E-state index contributed by atoms with van der Waals surface area (Å²) in [5.74, 6) is -0.354. The zero-order valence-corrected chi connectivity index (χ0v) is 12.3. The number of benzene rings is 1. The zero-order chi connectivity index (χ0) is 15.9. The fraction of sp³-hybridized carbons (Fsp3) is 0. The van der Waals surface area contributed by atoms with Crippen LogP contribution in [0.3, 0.4) is 0 Å². The SMILES string of the molecule is O=C(NN=C(c1ccccc1)c1ccncc1)c1ccccn1. The van der Waals surface area contributed by atoms with E-state index >= 15 is 0 Å². The van der Waals surface area contributed by atoms with Crippen molar-refractivity contribution in [1.82, 2.24) is 15.4 Å². The van der Waals surface area contributed by atoms with Crippen LogP contribution in [0.2, 0.25) is 0 Å². The lowest BCUT2D eigenvalue weighted by Gasteiger charge is -2.07. The fourth-order valence-electron chi connectivity index (χ4n) is 2.06. The van der Waals surface area contributed by atoms with Crippen LogP contribution in [0, 0.1) is 0 Å². The van der Waals surface area contributed by atoms with Crippen LogP contribution in [0.1, 0.15) is 21.6 Å². The smallest absolute Gasteiger partial charge is 0.266 e. The number of nitrogens with one attached hydrogen (secondary N) is 1. The molecular weight excluding hydrogens is 288 g/mol. The van der Waals surface area contributed by atoms with E-state index in [1.54, 1.807) is 36.8 Å².